The van der Waals surface area contributed by atoms with E-state index in [1.165, 1.54) is 11.1 Å². The van der Waals surface area contributed by atoms with Gasteiger partial charge in [-0.15, -0.1) is 0 Å². The Morgan fingerprint density at radius 3 is 1.91 bits per heavy atom. The maximum atomic E-state index is 8.28. The number of oxime groups is 1. The molecule has 0 aliphatic rings. The highest BCUT2D eigenvalue weighted by molar-refractivity contribution is 5.79. The Morgan fingerprint density at radius 1 is 0.955 bits per heavy atom. The van der Waals surface area contributed by atoms with Gasteiger partial charge in [-0.2, -0.15) is 5.26 Å². The van der Waals surface area contributed by atoms with Crippen molar-refractivity contribution in [1.29, 1.82) is 5.26 Å². The van der Waals surface area contributed by atoms with Crippen LogP contribution in [0.5, 0.6) is 0 Å². The summed E-state index contributed by atoms with van der Waals surface area (Å²) in [5.41, 5.74) is 7.76. The SMILES string of the molecule is N#CCCc1ccccc1.N/C(CCc1ccccc1)=N\O. The van der Waals surface area contributed by atoms with Gasteiger partial charge in [-0.1, -0.05) is 65.8 Å². The van der Waals surface area contributed by atoms with Crippen molar-refractivity contribution in [3.8, 4) is 6.07 Å². The van der Waals surface area contributed by atoms with Crippen molar-refractivity contribution in [2.24, 2.45) is 10.9 Å². The molecule has 4 heteroatoms. The number of aryl methyl sites for hydroxylation is 2. The zero-order valence-electron chi connectivity index (χ0n) is 12.5. The van der Waals surface area contributed by atoms with E-state index in [1.54, 1.807) is 0 Å². The van der Waals surface area contributed by atoms with Crippen LogP contribution in [0.1, 0.15) is 24.0 Å². The number of amidine groups is 1. The molecule has 0 heterocycles. The molecule has 114 valence electrons. The second kappa shape index (κ2) is 10.9. The van der Waals surface area contributed by atoms with Crippen molar-refractivity contribution in [2.45, 2.75) is 25.7 Å². The second-order valence-corrected chi connectivity index (χ2v) is 4.72. The molecule has 2 rings (SSSR count). The maximum absolute atomic E-state index is 8.28. The van der Waals surface area contributed by atoms with Crippen LogP contribution < -0.4 is 5.73 Å². The summed E-state index contributed by atoms with van der Waals surface area (Å²) in [6.07, 6.45) is 2.90. The van der Waals surface area contributed by atoms with E-state index in [2.05, 4.69) is 11.2 Å². The van der Waals surface area contributed by atoms with Gasteiger partial charge in [0.1, 0.15) is 5.84 Å². The quantitative estimate of drug-likeness (QED) is 0.383. The standard InChI is InChI=1S/C9H12N2O.C9H9N/c10-9(11-12)7-6-8-4-2-1-3-5-8;10-8-4-7-9-5-2-1-3-6-9/h1-5,12H,6-7H2,(H2,10,11);1-3,5-6H,4,7H2. The summed E-state index contributed by atoms with van der Waals surface area (Å²) in [5, 5.41) is 19.5. The number of benzene rings is 2. The molecule has 0 amide bonds. The second-order valence-electron chi connectivity index (χ2n) is 4.72. The molecule has 0 radical (unpaired) electrons. The zero-order valence-corrected chi connectivity index (χ0v) is 12.5. The van der Waals surface area contributed by atoms with E-state index in [-0.39, 0.29) is 5.84 Å². The molecule has 0 aliphatic heterocycles. The van der Waals surface area contributed by atoms with Gasteiger partial charge in [0.15, 0.2) is 0 Å². The molecule has 2 aromatic rings. The first-order valence-electron chi connectivity index (χ1n) is 7.17. The Morgan fingerprint density at radius 2 is 1.45 bits per heavy atom. The summed E-state index contributed by atoms with van der Waals surface area (Å²) >= 11 is 0. The van der Waals surface area contributed by atoms with Crippen molar-refractivity contribution >= 4 is 5.84 Å². The van der Waals surface area contributed by atoms with Crippen LogP contribution in [0.3, 0.4) is 0 Å². The van der Waals surface area contributed by atoms with E-state index in [9.17, 15) is 0 Å². The molecular weight excluding hydrogens is 274 g/mol. The molecule has 0 aromatic heterocycles. The van der Waals surface area contributed by atoms with E-state index < -0.39 is 0 Å². The molecule has 0 unspecified atom stereocenters. The molecule has 0 fully saturated rings. The van der Waals surface area contributed by atoms with Crippen LogP contribution in [0.2, 0.25) is 0 Å². The van der Waals surface area contributed by atoms with Crippen LogP contribution >= 0.6 is 0 Å². The van der Waals surface area contributed by atoms with Crippen LogP contribution in [0.4, 0.5) is 0 Å². The van der Waals surface area contributed by atoms with Gasteiger partial charge in [-0.05, 0) is 24.0 Å². The fourth-order valence-corrected chi connectivity index (χ4v) is 1.81. The number of nitrogens with zero attached hydrogens (tertiary/aromatic N) is 2. The minimum Gasteiger partial charge on any atom is -0.409 e. The molecule has 3 N–H and O–H groups in total. The highest BCUT2D eigenvalue weighted by Crippen LogP contribution is 2.02. The maximum Gasteiger partial charge on any atom is 0.139 e. The summed E-state index contributed by atoms with van der Waals surface area (Å²) in [7, 11) is 0. The number of rotatable bonds is 5. The summed E-state index contributed by atoms with van der Waals surface area (Å²) in [6.45, 7) is 0. The molecule has 0 saturated heterocycles. The Labute approximate surface area is 131 Å². The predicted octanol–water partition coefficient (Wildman–Crippen LogP) is 3.51. The fraction of sp³-hybridized carbons (Fsp3) is 0.222. The summed E-state index contributed by atoms with van der Waals surface area (Å²) < 4.78 is 0. The van der Waals surface area contributed by atoms with Gasteiger partial charge in [-0.25, -0.2) is 0 Å². The Bertz CT molecular complexity index is 589. The number of nitrogens with two attached hydrogens (primary N) is 1. The molecule has 0 bridgehead atoms. The first-order chi connectivity index (χ1) is 10.8. The summed E-state index contributed by atoms with van der Waals surface area (Å²) in [4.78, 5) is 0. The average molecular weight is 295 g/mol. The fourth-order valence-electron chi connectivity index (χ4n) is 1.81. The van der Waals surface area contributed by atoms with Crippen LogP contribution in [0, 0.1) is 11.3 Å². The van der Waals surface area contributed by atoms with Crippen molar-refractivity contribution in [3.63, 3.8) is 0 Å². The third-order valence-corrected chi connectivity index (χ3v) is 3.01. The zero-order chi connectivity index (χ0) is 16.0. The molecule has 0 spiro atoms. The third kappa shape index (κ3) is 7.71. The smallest absolute Gasteiger partial charge is 0.139 e. The highest BCUT2D eigenvalue weighted by atomic mass is 16.4. The van der Waals surface area contributed by atoms with Crippen molar-refractivity contribution < 1.29 is 5.21 Å². The normalized spacial score (nSPS) is 10.2. The Kier molecular flexibility index (Phi) is 8.57. The summed E-state index contributed by atoms with van der Waals surface area (Å²) in [5.74, 6) is 0.277. The lowest BCUT2D eigenvalue weighted by Crippen LogP contribution is -2.12. The van der Waals surface area contributed by atoms with Gasteiger partial charge in [0.25, 0.3) is 0 Å². The highest BCUT2D eigenvalue weighted by Gasteiger charge is 1.94. The first-order valence-corrected chi connectivity index (χ1v) is 7.17. The molecule has 0 aliphatic carbocycles. The van der Waals surface area contributed by atoms with E-state index in [0.717, 1.165) is 12.8 Å². The van der Waals surface area contributed by atoms with E-state index in [1.807, 2.05) is 60.7 Å². The molecule has 0 saturated carbocycles. The van der Waals surface area contributed by atoms with Crippen molar-refractivity contribution in [1.82, 2.24) is 0 Å². The van der Waals surface area contributed by atoms with Crippen LogP contribution in [-0.2, 0) is 12.8 Å². The van der Waals surface area contributed by atoms with Gasteiger partial charge in [0.05, 0.1) is 6.07 Å². The monoisotopic (exact) mass is 295 g/mol. The predicted molar refractivity (Wildman–Crippen MR) is 88.5 cm³/mol. The minimum atomic E-state index is 0.277. The van der Waals surface area contributed by atoms with E-state index in [0.29, 0.717) is 12.8 Å². The Balaban J connectivity index is 0.000000224. The average Bonchev–Trinajstić information content (AvgIpc) is 2.60. The van der Waals surface area contributed by atoms with E-state index in [4.69, 9.17) is 16.2 Å². The number of nitriles is 1. The number of hydrogen-bond acceptors (Lipinski definition) is 3. The molecule has 4 nitrogen and oxygen atoms in total. The van der Waals surface area contributed by atoms with Crippen LogP contribution in [0.15, 0.2) is 65.8 Å². The van der Waals surface area contributed by atoms with Gasteiger partial charge in [0, 0.05) is 12.8 Å². The largest absolute Gasteiger partial charge is 0.409 e. The summed E-state index contributed by atoms with van der Waals surface area (Å²) in [6, 6.07) is 22.1. The lowest BCUT2D eigenvalue weighted by molar-refractivity contribution is 0.317. The number of hydrogen-bond donors (Lipinski definition) is 2. The molecular formula is C18H21N3O. The van der Waals surface area contributed by atoms with Crippen LogP contribution in [-0.4, -0.2) is 11.0 Å². The minimum absolute atomic E-state index is 0.277. The van der Waals surface area contributed by atoms with Crippen molar-refractivity contribution in [2.75, 3.05) is 0 Å². The van der Waals surface area contributed by atoms with Gasteiger partial charge >= 0.3 is 0 Å². The Hall–Kier alpha value is -2.80. The lowest BCUT2D eigenvalue weighted by atomic mass is 10.1. The van der Waals surface area contributed by atoms with Gasteiger partial charge in [0.2, 0.25) is 0 Å². The topological polar surface area (TPSA) is 82.4 Å². The third-order valence-electron chi connectivity index (χ3n) is 3.01. The van der Waals surface area contributed by atoms with E-state index >= 15 is 0 Å². The molecule has 0 atom stereocenters. The van der Waals surface area contributed by atoms with Gasteiger partial charge in [-0.3, -0.25) is 0 Å². The first kappa shape index (κ1) is 17.3. The molecule has 22 heavy (non-hydrogen) atoms. The van der Waals surface area contributed by atoms with Crippen molar-refractivity contribution in [3.05, 3.63) is 71.8 Å². The lowest BCUT2D eigenvalue weighted by Gasteiger charge is -1.98. The van der Waals surface area contributed by atoms with Crippen LogP contribution in [0.25, 0.3) is 0 Å². The molecule has 2 aromatic carbocycles. The van der Waals surface area contributed by atoms with Gasteiger partial charge < -0.3 is 10.9 Å².